The van der Waals surface area contributed by atoms with E-state index in [9.17, 15) is 8.78 Å². The van der Waals surface area contributed by atoms with Crippen molar-refractivity contribution in [1.82, 2.24) is 9.97 Å². The molecule has 19 heavy (non-hydrogen) atoms. The number of aromatic nitrogens is 2. The van der Waals surface area contributed by atoms with Crippen LogP contribution in [0.2, 0.25) is 0 Å². The second-order valence-electron chi connectivity index (χ2n) is 4.53. The third-order valence-electron chi connectivity index (χ3n) is 3.13. The highest BCUT2D eigenvalue weighted by Crippen LogP contribution is 2.24. The number of nitrogens with one attached hydrogen (secondary N) is 1. The summed E-state index contributed by atoms with van der Waals surface area (Å²) in [6.07, 6.45) is 3.49. The first-order valence-electron chi connectivity index (χ1n) is 6.36. The van der Waals surface area contributed by atoms with E-state index in [1.807, 2.05) is 0 Å². The Morgan fingerprint density at radius 1 is 1.37 bits per heavy atom. The number of nitrogens with two attached hydrogens (primary N) is 1. The molecule has 2 rings (SSSR count). The molecule has 3 N–H and O–H groups in total. The number of aromatic amines is 1. The Morgan fingerprint density at radius 3 is 2.79 bits per heavy atom. The molecular weight excluding hydrogens is 248 g/mol. The summed E-state index contributed by atoms with van der Waals surface area (Å²) in [4.78, 5) is 7.32. The van der Waals surface area contributed by atoms with Gasteiger partial charge in [-0.2, -0.15) is 0 Å². The quantitative estimate of drug-likeness (QED) is 0.872. The highest BCUT2D eigenvalue weighted by Gasteiger charge is 2.15. The molecule has 0 radical (unpaired) electrons. The number of hydrogen-bond acceptors (Lipinski definition) is 2. The Hall–Kier alpha value is -1.75. The average Bonchev–Trinajstić information content (AvgIpc) is 2.85. The van der Waals surface area contributed by atoms with Crippen molar-refractivity contribution in [2.45, 2.75) is 25.7 Å². The highest BCUT2D eigenvalue weighted by atomic mass is 19.1. The molecule has 0 fully saturated rings. The van der Waals surface area contributed by atoms with E-state index >= 15 is 0 Å². The van der Waals surface area contributed by atoms with Gasteiger partial charge in [0.25, 0.3) is 0 Å². The van der Waals surface area contributed by atoms with Crippen LogP contribution in [0.4, 0.5) is 8.78 Å². The maximum absolute atomic E-state index is 13.7. The molecule has 0 aliphatic heterocycles. The number of rotatable bonds is 5. The predicted octanol–water partition coefficient (Wildman–Crippen LogP) is 3.20. The van der Waals surface area contributed by atoms with Crippen LogP contribution < -0.4 is 5.73 Å². The second kappa shape index (κ2) is 5.93. The molecule has 5 heteroatoms. The molecule has 1 atom stereocenters. The Bertz CT molecular complexity index is 551. The van der Waals surface area contributed by atoms with Crippen molar-refractivity contribution in [2.24, 2.45) is 5.73 Å². The summed E-state index contributed by atoms with van der Waals surface area (Å²) < 4.78 is 26.5. The predicted molar refractivity (Wildman–Crippen MR) is 70.6 cm³/mol. The first-order valence-corrected chi connectivity index (χ1v) is 6.36. The van der Waals surface area contributed by atoms with Crippen LogP contribution in [0.5, 0.6) is 0 Å². The molecular formula is C14H17F2N3. The van der Waals surface area contributed by atoms with Gasteiger partial charge in [0.05, 0.1) is 11.9 Å². The molecule has 1 heterocycles. The van der Waals surface area contributed by atoms with Crippen LogP contribution in [0, 0.1) is 11.6 Å². The van der Waals surface area contributed by atoms with Gasteiger partial charge in [-0.1, -0.05) is 13.3 Å². The monoisotopic (exact) mass is 265 g/mol. The van der Waals surface area contributed by atoms with Crippen molar-refractivity contribution in [3.8, 4) is 11.3 Å². The van der Waals surface area contributed by atoms with Crippen LogP contribution in [0.15, 0.2) is 24.4 Å². The molecule has 1 aromatic carbocycles. The van der Waals surface area contributed by atoms with E-state index in [1.165, 1.54) is 12.1 Å². The number of benzene rings is 1. The minimum atomic E-state index is -0.602. The third kappa shape index (κ3) is 2.98. The maximum Gasteiger partial charge on any atom is 0.135 e. The number of hydrogen-bond donors (Lipinski definition) is 2. The molecule has 0 bridgehead atoms. The SMILES string of the molecule is CCCC(CN)c1ncc(-c2ccc(F)cc2F)[nH]1. The zero-order valence-corrected chi connectivity index (χ0v) is 10.8. The van der Waals surface area contributed by atoms with Gasteiger partial charge in [-0.05, 0) is 18.6 Å². The molecule has 0 aliphatic carbocycles. The van der Waals surface area contributed by atoms with Crippen molar-refractivity contribution < 1.29 is 8.78 Å². The zero-order chi connectivity index (χ0) is 13.8. The lowest BCUT2D eigenvalue weighted by Gasteiger charge is -2.10. The molecule has 3 nitrogen and oxygen atoms in total. The van der Waals surface area contributed by atoms with Gasteiger partial charge < -0.3 is 10.7 Å². The summed E-state index contributed by atoms with van der Waals surface area (Å²) >= 11 is 0. The molecule has 0 spiro atoms. The van der Waals surface area contributed by atoms with Crippen molar-refractivity contribution in [3.05, 3.63) is 41.9 Å². The van der Waals surface area contributed by atoms with Gasteiger partial charge in [-0.3, -0.25) is 0 Å². The van der Waals surface area contributed by atoms with E-state index in [-0.39, 0.29) is 5.92 Å². The summed E-state index contributed by atoms with van der Waals surface area (Å²) in [7, 11) is 0. The smallest absolute Gasteiger partial charge is 0.135 e. The lowest BCUT2D eigenvalue weighted by molar-refractivity contribution is 0.584. The van der Waals surface area contributed by atoms with Gasteiger partial charge in [0.15, 0.2) is 0 Å². The molecule has 102 valence electrons. The van der Waals surface area contributed by atoms with Crippen LogP contribution in [-0.2, 0) is 0 Å². The van der Waals surface area contributed by atoms with Gasteiger partial charge >= 0.3 is 0 Å². The second-order valence-corrected chi connectivity index (χ2v) is 4.53. The lowest BCUT2D eigenvalue weighted by Crippen LogP contribution is -2.13. The van der Waals surface area contributed by atoms with Crippen molar-refractivity contribution >= 4 is 0 Å². The molecule has 0 amide bonds. The fourth-order valence-corrected chi connectivity index (χ4v) is 2.10. The lowest BCUT2D eigenvalue weighted by atomic mass is 10.0. The Balaban J connectivity index is 2.29. The highest BCUT2D eigenvalue weighted by molar-refractivity contribution is 5.59. The van der Waals surface area contributed by atoms with E-state index in [0.717, 1.165) is 24.7 Å². The van der Waals surface area contributed by atoms with Crippen LogP contribution >= 0.6 is 0 Å². The summed E-state index contributed by atoms with van der Waals surface area (Å²) in [5.74, 6) is -0.299. The van der Waals surface area contributed by atoms with E-state index < -0.39 is 11.6 Å². The molecule has 0 saturated carbocycles. The third-order valence-corrected chi connectivity index (χ3v) is 3.13. The van der Waals surface area contributed by atoms with Gasteiger partial charge in [0.1, 0.15) is 17.5 Å². The maximum atomic E-state index is 13.7. The van der Waals surface area contributed by atoms with Crippen molar-refractivity contribution in [2.75, 3.05) is 6.54 Å². The van der Waals surface area contributed by atoms with E-state index in [4.69, 9.17) is 5.73 Å². The Kier molecular flexibility index (Phi) is 4.27. The van der Waals surface area contributed by atoms with Crippen molar-refractivity contribution in [3.63, 3.8) is 0 Å². The van der Waals surface area contributed by atoms with Crippen LogP contribution in [0.3, 0.4) is 0 Å². The average molecular weight is 265 g/mol. The number of imidazole rings is 1. The molecule has 1 aromatic heterocycles. The minimum absolute atomic E-state index is 0.141. The standard InChI is InChI=1S/C14H17F2N3/c1-2-3-9(7-17)14-18-8-13(19-14)11-5-4-10(15)6-12(11)16/h4-6,8-9H,2-3,7,17H2,1H3,(H,18,19). The normalized spacial score (nSPS) is 12.6. The summed E-state index contributed by atoms with van der Waals surface area (Å²) in [6.45, 7) is 2.57. The van der Waals surface area contributed by atoms with Crippen molar-refractivity contribution in [1.29, 1.82) is 0 Å². The Labute approximate surface area is 110 Å². The largest absolute Gasteiger partial charge is 0.342 e. The van der Waals surface area contributed by atoms with E-state index in [2.05, 4.69) is 16.9 Å². The summed E-state index contributed by atoms with van der Waals surface area (Å²) in [5, 5.41) is 0. The molecule has 1 unspecified atom stereocenters. The summed E-state index contributed by atoms with van der Waals surface area (Å²) in [6, 6.07) is 3.49. The van der Waals surface area contributed by atoms with Gasteiger partial charge in [-0.15, -0.1) is 0 Å². The number of halogens is 2. The minimum Gasteiger partial charge on any atom is -0.342 e. The first kappa shape index (κ1) is 13.7. The van der Waals surface area contributed by atoms with E-state index in [0.29, 0.717) is 17.8 Å². The Morgan fingerprint density at radius 2 is 2.16 bits per heavy atom. The number of nitrogens with zero attached hydrogens (tertiary/aromatic N) is 1. The zero-order valence-electron chi connectivity index (χ0n) is 10.8. The summed E-state index contributed by atoms with van der Waals surface area (Å²) in [5.41, 5.74) is 6.56. The fourth-order valence-electron chi connectivity index (χ4n) is 2.10. The first-order chi connectivity index (χ1) is 9.15. The molecule has 2 aromatic rings. The number of H-pyrrole nitrogens is 1. The topological polar surface area (TPSA) is 54.7 Å². The van der Waals surface area contributed by atoms with Gasteiger partial charge in [-0.25, -0.2) is 13.8 Å². The van der Waals surface area contributed by atoms with Crippen LogP contribution in [0.25, 0.3) is 11.3 Å². The van der Waals surface area contributed by atoms with E-state index in [1.54, 1.807) is 6.20 Å². The van der Waals surface area contributed by atoms with Gasteiger partial charge in [0, 0.05) is 24.1 Å². The molecule has 0 aliphatic rings. The molecule has 0 saturated heterocycles. The van der Waals surface area contributed by atoms with Crippen LogP contribution in [-0.4, -0.2) is 16.5 Å². The van der Waals surface area contributed by atoms with Gasteiger partial charge in [0.2, 0.25) is 0 Å². The van der Waals surface area contributed by atoms with Crippen LogP contribution in [0.1, 0.15) is 31.5 Å². The fraction of sp³-hybridized carbons (Fsp3) is 0.357.